The number of guanidine groups is 1. The highest BCUT2D eigenvalue weighted by atomic mass is 32.2. The summed E-state index contributed by atoms with van der Waals surface area (Å²) in [6.07, 6.45) is 5.70. The number of sulfone groups is 1. The van der Waals surface area contributed by atoms with Crippen LogP contribution in [0.25, 0.3) is 0 Å². The molecule has 0 bridgehead atoms. The van der Waals surface area contributed by atoms with E-state index in [1.807, 2.05) is 6.92 Å². The van der Waals surface area contributed by atoms with E-state index in [1.165, 1.54) is 25.8 Å². The van der Waals surface area contributed by atoms with Crippen molar-refractivity contribution < 1.29 is 8.42 Å². The number of likely N-dealkylation sites (tertiary alicyclic amines) is 1. The summed E-state index contributed by atoms with van der Waals surface area (Å²) < 4.78 is 23.1. The maximum Gasteiger partial charge on any atom is 0.191 e. The third-order valence-electron chi connectivity index (χ3n) is 4.73. The lowest BCUT2D eigenvalue weighted by Crippen LogP contribution is -2.44. The zero-order valence-corrected chi connectivity index (χ0v) is 15.4. The molecule has 7 heteroatoms. The van der Waals surface area contributed by atoms with E-state index in [1.54, 1.807) is 0 Å². The summed E-state index contributed by atoms with van der Waals surface area (Å²) in [6, 6.07) is 0.697. The molecule has 0 saturated carbocycles. The highest BCUT2D eigenvalue weighted by Crippen LogP contribution is 2.16. The number of hydrogen-bond acceptors (Lipinski definition) is 4. The number of hydrogen-bond donors (Lipinski definition) is 2. The predicted molar refractivity (Wildman–Crippen MR) is 95.7 cm³/mol. The molecule has 0 aromatic rings. The zero-order valence-electron chi connectivity index (χ0n) is 14.6. The molecular formula is C16H32N4O2S. The van der Waals surface area contributed by atoms with Crippen LogP contribution in [0.1, 0.15) is 46.0 Å². The Morgan fingerprint density at radius 2 is 2.13 bits per heavy atom. The maximum absolute atomic E-state index is 11.5. The maximum atomic E-state index is 11.5. The van der Waals surface area contributed by atoms with Gasteiger partial charge < -0.3 is 15.5 Å². The van der Waals surface area contributed by atoms with Crippen molar-refractivity contribution in [1.82, 2.24) is 15.5 Å². The number of aliphatic imine (C=N–C) groups is 1. The lowest BCUT2D eigenvalue weighted by Gasteiger charge is -2.33. The highest BCUT2D eigenvalue weighted by Gasteiger charge is 2.28. The van der Waals surface area contributed by atoms with Gasteiger partial charge in [0.2, 0.25) is 0 Å². The van der Waals surface area contributed by atoms with E-state index in [0.717, 1.165) is 32.0 Å². The van der Waals surface area contributed by atoms with Gasteiger partial charge in [-0.1, -0.05) is 6.42 Å². The minimum absolute atomic E-state index is 0.0000771. The number of nitrogens with zero attached hydrogens (tertiary/aromatic N) is 2. The Kier molecular flexibility index (Phi) is 7.14. The molecule has 0 aromatic heterocycles. The van der Waals surface area contributed by atoms with E-state index >= 15 is 0 Å². The summed E-state index contributed by atoms with van der Waals surface area (Å²) in [5.41, 5.74) is 0. The fraction of sp³-hybridized carbons (Fsp3) is 0.938. The van der Waals surface area contributed by atoms with Crippen LogP contribution in [0, 0.1) is 0 Å². The second-order valence-electron chi connectivity index (χ2n) is 6.74. The first-order valence-electron chi connectivity index (χ1n) is 8.99. The lowest BCUT2D eigenvalue weighted by molar-refractivity contribution is 0.160. The van der Waals surface area contributed by atoms with Crippen LogP contribution in [-0.4, -0.2) is 69.0 Å². The monoisotopic (exact) mass is 344 g/mol. The molecule has 2 aliphatic heterocycles. The minimum atomic E-state index is -2.85. The van der Waals surface area contributed by atoms with Gasteiger partial charge in [-0.05, 0) is 46.1 Å². The molecule has 0 aromatic carbocycles. The van der Waals surface area contributed by atoms with Gasteiger partial charge in [0.05, 0.1) is 11.5 Å². The lowest BCUT2D eigenvalue weighted by atomic mass is 10.0. The van der Waals surface area contributed by atoms with Gasteiger partial charge in [-0.2, -0.15) is 0 Å². The van der Waals surface area contributed by atoms with Gasteiger partial charge in [0.15, 0.2) is 15.8 Å². The normalized spacial score (nSPS) is 28.7. The van der Waals surface area contributed by atoms with Crippen molar-refractivity contribution in [3.8, 4) is 0 Å². The standard InChI is InChI=1S/C16H32N4O2S/c1-3-17-16(19-15-8-12-23(21,22)13-15)18-9-6-11-20-10-5-4-7-14(20)2/h14-15H,3-13H2,1-2H3,(H2,17,18,19). The smallest absolute Gasteiger partial charge is 0.191 e. The van der Waals surface area contributed by atoms with Crippen LogP contribution in [0.2, 0.25) is 0 Å². The first-order chi connectivity index (χ1) is 11.0. The number of rotatable bonds is 6. The van der Waals surface area contributed by atoms with Gasteiger partial charge in [-0.25, -0.2) is 8.42 Å². The Balaban J connectivity index is 1.75. The Morgan fingerprint density at radius 3 is 2.78 bits per heavy atom. The van der Waals surface area contributed by atoms with Crippen molar-refractivity contribution in [3.05, 3.63) is 0 Å². The van der Waals surface area contributed by atoms with Crippen LogP contribution >= 0.6 is 0 Å². The minimum Gasteiger partial charge on any atom is -0.357 e. The van der Waals surface area contributed by atoms with Crippen molar-refractivity contribution in [2.75, 3.05) is 37.7 Å². The summed E-state index contributed by atoms with van der Waals surface area (Å²) in [6.45, 7) is 8.21. The summed E-state index contributed by atoms with van der Waals surface area (Å²) >= 11 is 0. The molecule has 2 fully saturated rings. The first kappa shape index (κ1) is 18.5. The molecule has 6 nitrogen and oxygen atoms in total. The first-order valence-corrected chi connectivity index (χ1v) is 10.8. The van der Waals surface area contributed by atoms with Crippen molar-refractivity contribution in [3.63, 3.8) is 0 Å². The van der Waals surface area contributed by atoms with Gasteiger partial charge in [0.25, 0.3) is 0 Å². The van der Waals surface area contributed by atoms with Crippen molar-refractivity contribution in [1.29, 1.82) is 0 Å². The fourth-order valence-corrected chi connectivity index (χ4v) is 5.05. The topological polar surface area (TPSA) is 73.8 Å². The summed E-state index contributed by atoms with van der Waals surface area (Å²) in [4.78, 5) is 7.17. The van der Waals surface area contributed by atoms with E-state index in [9.17, 15) is 8.42 Å². The molecule has 2 aliphatic rings. The van der Waals surface area contributed by atoms with Gasteiger partial charge in [0.1, 0.15) is 0 Å². The van der Waals surface area contributed by atoms with Crippen molar-refractivity contribution in [2.24, 2.45) is 4.99 Å². The van der Waals surface area contributed by atoms with E-state index in [-0.39, 0.29) is 17.5 Å². The molecule has 23 heavy (non-hydrogen) atoms. The molecule has 0 amide bonds. The third kappa shape index (κ3) is 6.30. The number of nitrogens with one attached hydrogen (secondary N) is 2. The van der Waals surface area contributed by atoms with Crippen LogP contribution in [-0.2, 0) is 9.84 Å². The second kappa shape index (κ2) is 8.87. The van der Waals surface area contributed by atoms with Crippen LogP contribution in [0.3, 0.4) is 0 Å². The van der Waals surface area contributed by atoms with E-state index < -0.39 is 9.84 Å². The molecular weight excluding hydrogens is 312 g/mol. The largest absolute Gasteiger partial charge is 0.357 e. The molecule has 2 atom stereocenters. The molecule has 0 radical (unpaired) electrons. The van der Waals surface area contributed by atoms with Crippen molar-refractivity contribution in [2.45, 2.75) is 58.0 Å². The number of piperidine rings is 1. The van der Waals surface area contributed by atoms with Gasteiger partial charge >= 0.3 is 0 Å². The summed E-state index contributed by atoms with van der Waals surface area (Å²) in [5, 5.41) is 6.48. The molecule has 2 unspecified atom stereocenters. The fourth-order valence-electron chi connectivity index (χ4n) is 3.38. The zero-order chi connectivity index (χ0) is 16.7. The van der Waals surface area contributed by atoms with E-state index in [2.05, 4.69) is 27.4 Å². The Bertz CT molecular complexity index is 492. The van der Waals surface area contributed by atoms with Gasteiger partial charge in [-0.3, -0.25) is 4.99 Å². The molecule has 2 heterocycles. The average molecular weight is 345 g/mol. The summed E-state index contributed by atoms with van der Waals surface area (Å²) in [5.74, 6) is 1.26. The molecule has 0 spiro atoms. The molecule has 2 rings (SSSR count). The van der Waals surface area contributed by atoms with E-state index in [0.29, 0.717) is 12.5 Å². The molecule has 134 valence electrons. The molecule has 2 saturated heterocycles. The van der Waals surface area contributed by atoms with Crippen LogP contribution < -0.4 is 10.6 Å². The third-order valence-corrected chi connectivity index (χ3v) is 6.50. The molecule has 2 N–H and O–H groups in total. The van der Waals surface area contributed by atoms with E-state index in [4.69, 9.17) is 0 Å². The van der Waals surface area contributed by atoms with Crippen LogP contribution in [0.4, 0.5) is 0 Å². The predicted octanol–water partition coefficient (Wildman–Crippen LogP) is 0.993. The Labute approximate surface area is 141 Å². The van der Waals surface area contributed by atoms with Crippen molar-refractivity contribution >= 4 is 15.8 Å². The SMILES string of the molecule is CCNC(=NCCCN1CCCCC1C)NC1CCS(=O)(=O)C1. The quantitative estimate of drug-likeness (QED) is 0.427. The Hall–Kier alpha value is -0.820. The highest BCUT2D eigenvalue weighted by molar-refractivity contribution is 7.91. The molecule has 0 aliphatic carbocycles. The van der Waals surface area contributed by atoms with Crippen LogP contribution in [0.5, 0.6) is 0 Å². The van der Waals surface area contributed by atoms with Gasteiger partial charge in [0, 0.05) is 31.7 Å². The average Bonchev–Trinajstić information content (AvgIpc) is 2.84. The Morgan fingerprint density at radius 1 is 1.30 bits per heavy atom. The van der Waals surface area contributed by atoms with Gasteiger partial charge in [-0.15, -0.1) is 0 Å². The van der Waals surface area contributed by atoms with Crippen LogP contribution in [0.15, 0.2) is 4.99 Å². The summed E-state index contributed by atoms with van der Waals surface area (Å²) in [7, 11) is -2.85. The second-order valence-corrected chi connectivity index (χ2v) is 8.97.